The van der Waals surface area contributed by atoms with E-state index >= 15 is 0 Å². The van der Waals surface area contributed by atoms with Gasteiger partial charge in [0.1, 0.15) is 18.5 Å². The quantitative estimate of drug-likeness (QED) is 0.243. The van der Waals surface area contributed by atoms with Gasteiger partial charge in [0, 0.05) is 11.1 Å². The molecule has 0 saturated carbocycles. The summed E-state index contributed by atoms with van der Waals surface area (Å²) in [6.45, 7) is 9.38. The van der Waals surface area contributed by atoms with E-state index in [1.165, 1.54) is 18.2 Å². The summed E-state index contributed by atoms with van der Waals surface area (Å²) < 4.78 is 36.8. The van der Waals surface area contributed by atoms with Crippen LogP contribution < -0.4 is 4.74 Å². The third kappa shape index (κ3) is 5.93. The highest BCUT2D eigenvalue weighted by molar-refractivity contribution is 7.86. The normalized spacial score (nSPS) is 12.6. The van der Waals surface area contributed by atoms with Gasteiger partial charge in [-0.25, -0.2) is 0 Å². The Labute approximate surface area is 201 Å². The van der Waals surface area contributed by atoms with Crippen molar-refractivity contribution < 1.29 is 17.3 Å². The number of hydrogen-bond donors (Lipinski definition) is 0. The van der Waals surface area contributed by atoms with Crippen molar-refractivity contribution in [1.82, 2.24) is 0 Å². The van der Waals surface area contributed by atoms with Crippen LogP contribution in [0.1, 0.15) is 23.6 Å². The molecule has 0 saturated heterocycles. The van der Waals surface area contributed by atoms with Crippen LogP contribution in [0.5, 0.6) is 5.75 Å². The van der Waals surface area contributed by atoms with Gasteiger partial charge in [-0.2, -0.15) is 8.42 Å². The summed E-state index contributed by atoms with van der Waals surface area (Å²) in [6.07, 6.45) is 4.61. The van der Waals surface area contributed by atoms with Gasteiger partial charge < -0.3 is 4.74 Å². The lowest BCUT2D eigenvalue weighted by molar-refractivity contribution is 0.168. The maximum Gasteiger partial charge on any atom is 0.297 e. The molecule has 4 nitrogen and oxygen atoms in total. The van der Waals surface area contributed by atoms with Crippen molar-refractivity contribution in [3.8, 4) is 16.9 Å². The van der Waals surface area contributed by atoms with E-state index in [4.69, 9.17) is 20.5 Å². The standard InChI is InChI=1S/C27H27ClO4S/c1-5-9-21-14-17-25(28)26(24-11-8-7-10-20(24)4)27(21)32-22(6-2)18-31-33(29,30)23-15-12-19(3)13-16-23/h5-17,22H,2,18H2,1,3-4H3/b9-5-/t22-/m1/s1. The van der Waals surface area contributed by atoms with Gasteiger partial charge in [0.2, 0.25) is 0 Å². The predicted octanol–water partition coefficient (Wildman–Crippen LogP) is 7.00. The zero-order valence-electron chi connectivity index (χ0n) is 18.9. The lowest BCUT2D eigenvalue weighted by Crippen LogP contribution is -2.23. The molecule has 0 aliphatic carbocycles. The molecule has 0 unspecified atom stereocenters. The molecule has 3 aromatic carbocycles. The molecule has 0 spiro atoms. The van der Waals surface area contributed by atoms with Gasteiger partial charge >= 0.3 is 0 Å². The minimum absolute atomic E-state index is 0.0915. The van der Waals surface area contributed by atoms with Crippen LogP contribution in [-0.4, -0.2) is 21.1 Å². The number of rotatable bonds is 9. The Morgan fingerprint density at radius 2 is 1.73 bits per heavy atom. The summed E-state index contributed by atoms with van der Waals surface area (Å²) >= 11 is 6.62. The Hall–Kier alpha value is -2.86. The summed E-state index contributed by atoms with van der Waals surface area (Å²) in [7, 11) is -3.94. The maximum atomic E-state index is 12.6. The molecular formula is C27H27ClO4S. The van der Waals surface area contributed by atoms with Gasteiger partial charge in [0.15, 0.2) is 0 Å². The summed E-state index contributed by atoms with van der Waals surface area (Å²) in [6, 6.07) is 18.0. The highest BCUT2D eigenvalue weighted by Crippen LogP contribution is 2.41. The van der Waals surface area contributed by atoms with Gasteiger partial charge in [-0.1, -0.05) is 72.3 Å². The van der Waals surface area contributed by atoms with Crippen LogP contribution >= 0.6 is 11.6 Å². The second kappa shape index (κ2) is 10.8. The first-order valence-corrected chi connectivity index (χ1v) is 12.3. The summed E-state index contributed by atoms with van der Waals surface area (Å²) in [5.41, 5.74) is 4.48. The van der Waals surface area contributed by atoms with Crippen LogP contribution in [-0.2, 0) is 14.3 Å². The second-order valence-corrected chi connectivity index (χ2v) is 9.62. The van der Waals surface area contributed by atoms with Crippen LogP contribution in [0.15, 0.2) is 84.3 Å². The van der Waals surface area contributed by atoms with E-state index < -0.39 is 16.2 Å². The van der Waals surface area contributed by atoms with Gasteiger partial charge in [-0.3, -0.25) is 4.18 Å². The first kappa shape index (κ1) is 24.8. The van der Waals surface area contributed by atoms with Crippen molar-refractivity contribution in [2.45, 2.75) is 31.8 Å². The average molecular weight is 483 g/mol. The van der Waals surface area contributed by atoms with Crippen molar-refractivity contribution in [2.75, 3.05) is 6.61 Å². The summed E-state index contributed by atoms with van der Waals surface area (Å²) in [5, 5.41) is 0.531. The summed E-state index contributed by atoms with van der Waals surface area (Å²) in [5.74, 6) is 0.538. The molecule has 3 rings (SSSR count). The lowest BCUT2D eigenvalue weighted by atomic mass is 9.97. The van der Waals surface area contributed by atoms with Crippen molar-refractivity contribution in [1.29, 1.82) is 0 Å². The monoisotopic (exact) mass is 482 g/mol. The van der Waals surface area contributed by atoms with E-state index in [1.54, 1.807) is 12.1 Å². The SMILES string of the molecule is C=C[C@H](COS(=O)(=O)c1ccc(C)cc1)Oc1c(/C=C\C)ccc(Cl)c1-c1ccccc1C. The second-order valence-electron chi connectivity index (χ2n) is 7.60. The fraction of sp³-hybridized carbons (Fsp3) is 0.185. The van der Waals surface area contributed by atoms with E-state index in [2.05, 4.69) is 6.58 Å². The van der Waals surface area contributed by atoms with Gasteiger partial charge in [0.25, 0.3) is 10.1 Å². The molecule has 0 bridgehead atoms. The number of halogens is 1. The summed E-state index contributed by atoms with van der Waals surface area (Å²) in [4.78, 5) is 0.0915. The minimum Gasteiger partial charge on any atom is -0.483 e. The lowest BCUT2D eigenvalue weighted by Gasteiger charge is -2.22. The van der Waals surface area contributed by atoms with Crippen molar-refractivity contribution in [3.05, 3.63) is 101 Å². The number of benzene rings is 3. The molecule has 0 amide bonds. The first-order valence-electron chi connectivity index (χ1n) is 10.5. The molecule has 0 radical (unpaired) electrons. The Morgan fingerprint density at radius 1 is 1.03 bits per heavy atom. The van der Waals surface area contributed by atoms with Gasteiger partial charge in [-0.05, 0) is 62.2 Å². The maximum absolute atomic E-state index is 12.6. The van der Waals surface area contributed by atoms with E-state index in [0.29, 0.717) is 10.8 Å². The highest BCUT2D eigenvalue weighted by atomic mass is 35.5. The topological polar surface area (TPSA) is 52.6 Å². The van der Waals surface area contributed by atoms with Crippen LogP contribution in [0, 0.1) is 13.8 Å². The van der Waals surface area contributed by atoms with Crippen LogP contribution in [0.3, 0.4) is 0 Å². The van der Waals surface area contributed by atoms with Gasteiger partial charge in [-0.15, -0.1) is 0 Å². The largest absolute Gasteiger partial charge is 0.483 e. The van der Waals surface area contributed by atoms with E-state index in [0.717, 1.165) is 27.8 Å². The van der Waals surface area contributed by atoms with E-state index in [-0.39, 0.29) is 11.5 Å². The number of aryl methyl sites for hydroxylation is 2. The minimum atomic E-state index is -3.94. The Morgan fingerprint density at radius 3 is 2.36 bits per heavy atom. The molecule has 1 atom stereocenters. The molecule has 33 heavy (non-hydrogen) atoms. The molecule has 0 aliphatic rings. The number of ether oxygens (including phenoxy) is 1. The van der Waals surface area contributed by atoms with Crippen LogP contribution in [0.25, 0.3) is 17.2 Å². The zero-order chi connectivity index (χ0) is 24.0. The molecule has 0 heterocycles. The number of allylic oxidation sites excluding steroid dienone is 1. The van der Waals surface area contributed by atoms with E-state index in [1.807, 2.05) is 69.3 Å². The van der Waals surface area contributed by atoms with Crippen LogP contribution in [0.4, 0.5) is 0 Å². The fourth-order valence-electron chi connectivity index (χ4n) is 3.35. The molecule has 0 aromatic heterocycles. The Kier molecular flexibility index (Phi) is 8.14. The van der Waals surface area contributed by atoms with Crippen molar-refractivity contribution >= 4 is 27.8 Å². The van der Waals surface area contributed by atoms with Gasteiger partial charge in [0.05, 0.1) is 9.92 Å². The molecule has 0 fully saturated rings. The first-order chi connectivity index (χ1) is 15.8. The molecular weight excluding hydrogens is 456 g/mol. The highest BCUT2D eigenvalue weighted by Gasteiger charge is 2.22. The van der Waals surface area contributed by atoms with Crippen molar-refractivity contribution in [2.24, 2.45) is 0 Å². The molecule has 6 heteroatoms. The average Bonchev–Trinajstić information content (AvgIpc) is 2.79. The molecule has 3 aromatic rings. The third-order valence-electron chi connectivity index (χ3n) is 5.13. The smallest absolute Gasteiger partial charge is 0.297 e. The fourth-order valence-corrected chi connectivity index (χ4v) is 4.52. The Bertz CT molecular complexity index is 1260. The zero-order valence-corrected chi connectivity index (χ0v) is 20.5. The third-order valence-corrected chi connectivity index (χ3v) is 6.74. The number of hydrogen-bond acceptors (Lipinski definition) is 4. The predicted molar refractivity (Wildman–Crippen MR) is 135 cm³/mol. The van der Waals surface area contributed by atoms with Crippen molar-refractivity contribution in [3.63, 3.8) is 0 Å². The molecule has 172 valence electrons. The molecule has 0 aliphatic heterocycles. The Balaban J connectivity index is 1.95. The molecule has 0 N–H and O–H groups in total. The van der Waals surface area contributed by atoms with E-state index in [9.17, 15) is 8.42 Å². The van der Waals surface area contributed by atoms with Crippen LogP contribution in [0.2, 0.25) is 5.02 Å².